The maximum Gasteiger partial charge on any atom is 0.251 e. The third kappa shape index (κ3) is 1.57. The highest BCUT2D eigenvalue weighted by atomic mass is 16.5. The minimum Gasteiger partial charge on any atom is -0.368 e. The van der Waals surface area contributed by atoms with Gasteiger partial charge < -0.3 is 9.64 Å². The summed E-state index contributed by atoms with van der Waals surface area (Å²) in [6.07, 6.45) is 0.815. The molecule has 0 bridgehead atoms. The smallest absolute Gasteiger partial charge is 0.251 e. The molecule has 2 aliphatic rings. The van der Waals surface area contributed by atoms with Crippen molar-refractivity contribution in [2.24, 2.45) is 11.8 Å². The van der Waals surface area contributed by atoms with Gasteiger partial charge >= 0.3 is 0 Å². The maximum absolute atomic E-state index is 11.6. The molecule has 2 aliphatic heterocycles. The Balaban J connectivity index is 1.76. The molecule has 13 heavy (non-hydrogen) atoms. The summed E-state index contributed by atoms with van der Waals surface area (Å²) in [4.78, 5) is 13.5. The predicted octanol–water partition coefficient (Wildman–Crippen LogP) is 0.890. The molecule has 3 heteroatoms. The average molecular weight is 183 g/mol. The van der Waals surface area contributed by atoms with E-state index in [2.05, 4.69) is 13.8 Å². The third-order valence-electron chi connectivity index (χ3n) is 3.14. The first-order valence-electron chi connectivity index (χ1n) is 5.09. The Morgan fingerprint density at radius 3 is 2.46 bits per heavy atom. The minimum atomic E-state index is -0.104. The van der Waals surface area contributed by atoms with Gasteiger partial charge in [0.2, 0.25) is 0 Å². The molecule has 0 aromatic heterocycles. The highest BCUT2D eigenvalue weighted by molar-refractivity contribution is 5.82. The molecule has 0 aromatic rings. The van der Waals surface area contributed by atoms with Gasteiger partial charge in [-0.1, -0.05) is 13.8 Å². The van der Waals surface area contributed by atoms with Crippen molar-refractivity contribution >= 4 is 5.91 Å². The summed E-state index contributed by atoms with van der Waals surface area (Å²) in [5.74, 6) is 1.62. The van der Waals surface area contributed by atoms with E-state index in [0.29, 0.717) is 11.8 Å². The first-order chi connectivity index (χ1) is 6.18. The Labute approximate surface area is 79.0 Å². The highest BCUT2D eigenvalue weighted by Crippen LogP contribution is 2.26. The van der Waals surface area contributed by atoms with E-state index >= 15 is 0 Å². The van der Waals surface area contributed by atoms with E-state index < -0.39 is 0 Å². The zero-order chi connectivity index (χ0) is 9.42. The van der Waals surface area contributed by atoms with Gasteiger partial charge in [-0.05, 0) is 11.8 Å². The number of likely N-dealkylation sites (tertiary alicyclic amines) is 1. The monoisotopic (exact) mass is 183 g/mol. The van der Waals surface area contributed by atoms with Crippen LogP contribution in [0.5, 0.6) is 0 Å². The summed E-state index contributed by atoms with van der Waals surface area (Å²) in [5, 5.41) is 0. The largest absolute Gasteiger partial charge is 0.368 e. The second kappa shape index (κ2) is 3.29. The molecule has 0 N–H and O–H groups in total. The van der Waals surface area contributed by atoms with Crippen LogP contribution >= 0.6 is 0 Å². The lowest BCUT2D eigenvalue weighted by molar-refractivity contribution is -0.163. The lowest BCUT2D eigenvalue weighted by Gasteiger charge is -2.44. The van der Waals surface area contributed by atoms with Crippen molar-refractivity contribution in [1.82, 2.24) is 4.90 Å². The normalized spacial score (nSPS) is 28.5. The molecule has 0 saturated carbocycles. The maximum atomic E-state index is 11.6. The molecule has 2 saturated heterocycles. The molecule has 2 rings (SSSR count). The molecule has 0 spiro atoms. The summed E-state index contributed by atoms with van der Waals surface area (Å²) < 4.78 is 5.15. The fraction of sp³-hybridized carbons (Fsp3) is 0.900. The molecule has 74 valence electrons. The number of ether oxygens (including phenoxy) is 1. The van der Waals surface area contributed by atoms with Crippen LogP contribution in [0.1, 0.15) is 20.3 Å². The van der Waals surface area contributed by atoms with Gasteiger partial charge in [-0.25, -0.2) is 0 Å². The third-order valence-corrected chi connectivity index (χ3v) is 3.14. The number of rotatable bonds is 2. The van der Waals surface area contributed by atoms with Gasteiger partial charge in [0.15, 0.2) is 0 Å². The quantitative estimate of drug-likeness (QED) is 0.636. The van der Waals surface area contributed by atoms with Crippen LogP contribution in [-0.4, -0.2) is 36.6 Å². The Morgan fingerprint density at radius 1 is 1.46 bits per heavy atom. The average Bonchev–Trinajstić information content (AvgIpc) is 1.76. The lowest BCUT2D eigenvalue weighted by atomic mass is 9.88. The van der Waals surface area contributed by atoms with Gasteiger partial charge in [0.05, 0.1) is 6.61 Å². The number of carbonyl (C=O) groups is 1. The highest BCUT2D eigenvalue weighted by Gasteiger charge is 2.38. The van der Waals surface area contributed by atoms with Crippen molar-refractivity contribution in [1.29, 1.82) is 0 Å². The first-order valence-corrected chi connectivity index (χ1v) is 5.09. The summed E-state index contributed by atoms with van der Waals surface area (Å²) >= 11 is 0. The number of carbonyl (C=O) groups excluding carboxylic acids is 1. The molecule has 1 amide bonds. The van der Waals surface area contributed by atoms with Gasteiger partial charge in [0.1, 0.15) is 6.10 Å². The molecular weight excluding hydrogens is 166 g/mol. The van der Waals surface area contributed by atoms with Gasteiger partial charge in [-0.15, -0.1) is 0 Å². The van der Waals surface area contributed by atoms with E-state index in [1.165, 1.54) is 0 Å². The van der Waals surface area contributed by atoms with Crippen LogP contribution < -0.4 is 0 Å². The Kier molecular flexibility index (Phi) is 2.28. The Bertz CT molecular complexity index is 205. The van der Waals surface area contributed by atoms with Crippen molar-refractivity contribution in [3.63, 3.8) is 0 Å². The van der Waals surface area contributed by atoms with Crippen molar-refractivity contribution in [3.8, 4) is 0 Å². The topological polar surface area (TPSA) is 29.5 Å². The molecule has 2 fully saturated rings. The van der Waals surface area contributed by atoms with Crippen LogP contribution in [0.15, 0.2) is 0 Å². The number of hydrogen-bond donors (Lipinski definition) is 0. The second-order valence-electron chi connectivity index (χ2n) is 4.40. The summed E-state index contributed by atoms with van der Waals surface area (Å²) in [6, 6.07) is 0. The van der Waals surface area contributed by atoms with Crippen LogP contribution in [0.2, 0.25) is 0 Å². The SMILES string of the molecule is CC(C)C1CN(C(=O)C2CCO2)C1. The summed E-state index contributed by atoms with van der Waals surface area (Å²) in [6.45, 7) is 7.07. The van der Waals surface area contributed by atoms with E-state index in [-0.39, 0.29) is 12.0 Å². The molecule has 0 aliphatic carbocycles. The van der Waals surface area contributed by atoms with Crippen molar-refractivity contribution in [2.45, 2.75) is 26.4 Å². The molecule has 2 heterocycles. The van der Waals surface area contributed by atoms with Crippen molar-refractivity contribution in [2.75, 3.05) is 19.7 Å². The minimum absolute atomic E-state index is 0.104. The van der Waals surface area contributed by atoms with Crippen LogP contribution in [0.25, 0.3) is 0 Å². The Morgan fingerprint density at radius 2 is 2.08 bits per heavy atom. The molecule has 3 nitrogen and oxygen atoms in total. The standard InChI is InChI=1S/C10H17NO2/c1-7(2)8-5-11(6-8)10(12)9-3-4-13-9/h7-9H,3-6H2,1-2H3. The second-order valence-corrected chi connectivity index (χ2v) is 4.40. The molecule has 0 aromatic carbocycles. The molecule has 0 radical (unpaired) electrons. The number of nitrogens with zero attached hydrogens (tertiary/aromatic N) is 1. The van der Waals surface area contributed by atoms with Crippen LogP contribution in [0.3, 0.4) is 0 Å². The zero-order valence-corrected chi connectivity index (χ0v) is 8.32. The fourth-order valence-electron chi connectivity index (χ4n) is 1.75. The fourth-order valence-corrected chi connectivity index (χ4v) is 1.75. The Hall–Kier alpha value is -0.570. The van der Waals surface area contributed by atoms with E-state index in [1.54, 1.807) is 0 Å². The number of hydrogen-bond acceptors (Lipinski definition) is 2. The van der Waals surface area contributed by atoms with Crippen molar-refractivity contribution in [3.05, 3.63) is 0 Å². The number of amides is 1. The van der Waals surface area contributed by atoms with E-state index in [0.717, 1.165) is 26.1 Å². The van der Waals surface area contributed by atoms with Crippen LogP contribution in [0, 0.1) is 11.8 Å². The first kappa shape index (κ1) is 9.00. The summed E-state index contributed by atoms with van der Waals surface area (Å²) in [7, 11) is 0. The van der Waals surface area contributed by atoms with E-state index in [1.807, 2.05) is 4.90 Å². The molecular formula is C10H17NO2. The zero-order valence-electron chi connectivity index (χ0n) is 8.32. The van der Waals surface area contributed by atoms with Crippen molar-refractivity contribution < 1.29 is 9.53 Å². The lowest BCUT2D eigenvalue weighted by Crippen LogP contribution is -2.57. The van der Waals surface area contributed by atoms with Gasteiger partial charge in [0.25, 0.3) is 5.91 Å². The van der Waals surface area contributed by atoms with E-state index in [4.69, 9.17) is 4.74 Å². The predicted molar refractivity (Wildman–Crippen MR) is 49.3 cm³/mol. The van der Waals surface area contributed by atoms with Gasteiger partial charge in [-0.3, -0.25) is 4.79 Å². The van der Waals surface area contributed by atoms with Gasteiger partial charge in [0, 0.05) is 19.5 Å². The van der Waals surface area contributed by atoms with Gasteiger partial charge in [-0.2, -0.15) is 0 Å². The van der Waals surface area contributed by atoms with Crippen LogP contribution in [0.4, 0.5) is 0 Å². The summed E-state index contributed by atoms with van der Waals surface area (Å²) in [5.41, 5.74) is 0. The molecule has 1 unspecified atom stereocenters. The van der Waals surface area contributed by atoms with Crippen LogP contribution in [-0.2, 0) is 9.53 Å². The molecule has 1 atom stereocenters. The van der Waals surface area contributed by atoms with E-state index in [9.17, 15) is 4.79 Å².